The number of halogens is 1. The molecule has 2 N–H and O–H groups in total. The molecule has 0 bridgehead atoms. The zero-order valence-corrected chi connectivity index (χ0v) is 14.7. The Morgan fingerprint density at radius 2 is 2.19 bits per heavy atom. The van der Waals surface area contributed by atoms with Crippen molar-refractivity contribution in [3.63, 3.8) is 0 Å². The van der Waals surface area contributed by atoms with Crippen LogP contribution in [0.3, 0.4) is 0 Å². The molecule has 0 aliphatic carbocycles. The van der Waals surface area contributed by atoms with Crippen LogP contribution < -0.4 is 10.0 Å². The highest BCUT2D eigenvalue weighted by molar-refractivity contribution is 7.99. The largest absolute Gasteiger partial charge is 0.316 e. The highest BCUT2D eigenvalue weighted by Crippen LogP contribution is 2.26. The maximum atomic E-state index is 12.5. The summed E-state index contributed by atoms with van der Waals surface area (Å²) >= 11 is 7.95. The Labute approximate surface area is 136 Å². The van der Waals surface area contributed by atoms with Crippen LogP contribution in [-0.4, -0.2) is 33.5 Å². The molecule has 1 aliphatic rings. The minimum Gasteiger partial charge on any atom is -0.316 e. The van der Waals surface area contributed by atoms with E-state index in [2.05, 4.69) is 10.0 Å². The van der Waals surface area contributed by atoms with Crippen molar-refractivity contribution in [2.75, 3.05) is 25.1 Å². The monoisotopic (exact) mass is 348 g/mol. The second-order valence-corrected chi connectivity index (χ2v) is 8.62. The van der Waals surface area contributed by atoms with E-state index < -0.39 is 10.0 Å². The molecule has 4 nitrogen and oxygen atoms in total. The Morgan fingerprint density at radius 3 is 2.81 bits per heavy atom. The molecule has 1 saturated heterocycles. The van der Waals surface area contributed by atoms with Gasteiger partial charge in [0, 0.05) is 18.1 Å². The van der Waals surface area contributed by atoms with Crippen LogP contribution in [0.1, 0.15) is 17.5 Å². The lowest BCUT2D eigenvalue weighted by atomic mass is 10.1. The van der Waals surface area contributed by atoms with Crippen molar-refractivity contribution in [2.45, 2.75) is 24.8 Å². The molecule has 0 aromatic heterocycles. The van der Waals surface area contributed by atoms with Crippen LogP contribution in [0.4, 0.5) is 0 Å². The van der Waals surface area contributed by atoms with E-state index in [1.165, 1.54) is 6.07 Å². The van der Waals surface area contributed by atoms with Gasteiger partial charge in [-0.1, -0.05) is 11.6 Å². The highest BCUT2D eigenvalue weighted by atomic mass is 35.5. The van der Waals surface area contributed by atoms with Gasteiger partial charge in [0.1, 0.15) is 0 Å². The van der Waals surface area contributed by atoms with Crippen molar-refractivity contribution >= 4 is 33.4 Å². The quantitative estimate of drug-likeness (QED) is 0.828. The number of rotatable bonds is 6. The molecular weight excluding hydrogens is 328 g/mol. The first-order chi connectivity index (χ1) is 9.94. The third kappa shape index (κ3) is 4.36. The fourth-order valence-corrected chi connectivity index (χ4v) is 5.43. The van der Waals surface area contributed by atoms with Crippen molar-refractivity contribution < 1.29 is 8.42 Å². The Bertz CT molecular complexity index is 599. The van der Waals surface area contributed by atoms with Gasteiger partial charge in [0.05, 0.1) is 4.90 Å². The third-order valence-electron chi connectivity index (χ3n) is 3.68. The molecule has 0 spiro atoms. The SMILES string of the molecule is CNCc1cc(Cl)cc(S(=O)(=O)NCC2CCSC2)c1C. The molecule has 1 aliphatic heterocycles. The van der Waals surface area contributed by atoms with Crippen molar-refractivity contribution in [1.82, 2.24) is 10.0 Å². The number of benzene rings is 1. The maximum Gasteiger partial charge on any atom is 0.240 e. The summed E-state index contributed by atoms with van der Waals surface area (Å²) in [5.74, 6) is 2.58. The number of thioether (sulfide) groups is 1. The first-order valence-corrected chi connectivity index (χ1v) is 9.96. The van der Waals surface area contributed by atoms with Gasteiger partial charge in [0.2, 0.25) is 10.0 Å². The first-order valence-electron chi connectivity index (χ1n) is 6.95. The van der Waals surface area contributed by atoms with Gasteiger partial charge in [0.25, 0.3) is 0 Å². The molecule has 0 saturated carbocycles. The lowest BCUT2D eigenvalue weighted by molar-refractivity contribution is 0.545. The van der Waals surface area contributed by atoms with Crippen LogP contribution in [0.15, 0.2) is 17.0 Å². The highest BCUT2D eigenvalue weighted by Gasteiger charge is 2.22. The van der Waals surface area contributed by atoms with Crippen LogP contribution >= 0.6 is 23.4 Å². The fourth-order valence-electron chi connectivity index (χ4n) is 2.41. The molecule has 0 radical (unpaired) electrons. The Kier molecular flexibility index (Phi) is 5.96. The molecule has 1 fully saturated rings. The van der Waals surface area contributed by atoms with Crippen molar-refractivity contribution in [2.24, 2.45) is 5.92 Å². The standard InChI is InChI=1S/C14H21ClN2O2S2/c1-10-12(8-16-2)5-13(15)6-14(10)21(18,19)17-7-11-3-4-20-9-11/h5-6,11,16-17H,3-4,7-9H2,1-2H3. The minimum absolute atomic E-state index is 0.283. The fraction of sp³-hybridized carbons (Fsp3) is 0.571. The summed E-state index contributed by atoms with van der Waals surface area (Å²) in [6, 6.07) is 3.34. The van der Waals surface area contributed by atoms with E-state index >= 15 is 0 Å². The van der Waals surface area contributed by atoms with Crippen molar-refractivity contribution in [3.8, 4) is 0 Å². The van der Waals surface area contributed by atoms with E-state index in [-0.39, 0.29) is 4.90 Å². The average molecular weight is 349 g/mol. The maximum absolute atomic E-state index is 12.5. The number of hydrogen-bond donors (Lipinski definition) is 2. The van der Waals surface area contributed by atoms with Crippen LogP contribution in [0.5, 0.6) is 0 Å². The Hall–Kier alpha value is -0.270. The Balaban J connectivity index is 2.21. The summed E-state index contributed by atoms with van der Waals surface area (Å²) in [6.07, 6.45) is 1.08. The summed E-state index contributed by atoms with van der Waals surface area (Å²) in [4.78, 5) is 0.283. The molecule has 1 unspecified atom stereocenters. The molecular formula is C14H21ClN2O2S2. The van der Waals surface area contributed by atoms with Crippen molar-refractivity contribution in [1.29, 1.82) is 0 Å². The van der Waals surface area contributed by atoms with Crippen molar-refractivity contribution in [3.05, 3.63) is 28.3 Å². The molecule has 1 heterocycles. The molecule has 7 heteroatoms. The minimum atomic E-state index is -3.51. The second kappa shape index (κ2) is 7.33. The molecule has 1 atom stereocenters. The van der Waals surface area contributed by atoms with Crippen LogP contribution in [0.25, 0.3) is 0 Å². The van der Waals surface area contributed by atoms with E-state index in [0.29, 0.717) is 24.0 Å². The van der Waals surface area contributed by atoms with Crippen LogP contribution in [0, 0.1) is 12.8 Å². The van der Waals surface area contributed by atoms with Gasteiger partial charge >= 0.3 is 0 Å². The number of hydrogen-bond acceptors (Lipinski definition) is 4. The van der Waals surface area contributed by atoms with Gasteiger partial charge in [0.15, 0.2) is 0 Å². The van der Waals surface area contributed by atoms with Gasteiger partial charge in [-0.25, -0.2) is 13.1 Å². The van der Waals surface area contributed by atoms with E-state index in [0.717, 1.165) is 29.1 Å². The topological polar surface area (TPSA) is 58.2 Å². The molecule has 1 aromatic rings. The zero-order chi connectivity index (χ0) is 15.5. The summed E-state index contributed by atoms with van der Waals surface area (Å²) in [6.45, 7) is 2.92. The lowest BCUT2D eigenvalue weighted by Crippen LogP contribution is -2.30. The van der Waals surface area contributed by atoms with E-state index in [1.54, 1.807) is 6.07 Å². The first kappa shape index (κ1) is 17.1. The third-order valence-corrected chi connectivity index (χ3v) is 6.67. The number of nitrogens with one attached hydrogen (secondary N) is 2. The summed E-state index contributed by atoms with van der Waals surface area (Å²) < 4.78 is 27.8. The average Bonchev–Trinajstić information content (AvgIpc) is 2.94. The predicted molar refractivity (Wildman–Crippen MR) is 89.6 cm³/mol. The van der Waals surface area contributed by atoms with Crippen LogP contribution in [0.2, 0.25) is 5.02 Å². The Morgan fingerprint density at radius 1 is 1.43 bits per heavy atom. The predicted octanol–water partition coefficient (Wildman–Crippen LogP) is 2.40. The summed E-state index contributed by atoms with van der Waals surface area (Å²) in [5.41, 5.74) is 1.66. The summed E-state index contributed by atoms with van der Waals surface area (Å²) in [5, 5.41) is 3.48. The van der Waals surface area contributed by atoms with Crippen LogP contribution in [-0.2, 0) is 16.6 Å². The van der Waals surface area contributed by atoms with Gasteiger partial charge in [-0.2, -0.15) is 11.8 Å². The molecule has 1 aromatic carbocycles. The smallest absolute Gasteiger partial charge is 0.240 e. The molecule has 21 heavy (non-hydrogen) atoms. The molecule has 0 amide bonds. The lowest BCUT2D eigenvalue weighted by Gasteiger charge is -2.15. The van der Waals surface area contributed by atoms with E-state index in [9.17, 15) is 8.42 Å². The molecule has 2 rings (SSSR count). The second-order valence-electron chi connectivity index (χ2n) is 5.30. The van der Waals surface area contributed by atoms with Gasteiger partial charge < -0.3 is 5.32 Å². The molecule has 118 valence electrons. The van der Waals surface area contributed by atoms with E-state index in [4.69, 9.17) is 11.6 Å². The van der Waals surface area contributed by atoms with Gasteiger partial charge in [-0.3, -0.25) is 0 Å². The summed E-state index contributed by atoms with van der Waals surface area (Å²) in [7, 11) is -1.69. The zero-order valence-electron chi connectivity index (χ0n) is 12.3. The number of sulfonamides is 1. The van der Waals surface area contributed by atoms with Gasteiger partial charge in [-0.05, 0) is 61.1 Å². The van der Waals surface area contributed by atoms with E-state index in [1.807, 2.05) is 25.7 Å². The normalized spacial score (nSPS) is 19.1. The van der Waals surface area contributed by atoms with Gasteiger partial charge in [-0.15, -0.1) is 0 Å².